The molecule has 8 nitrogen and oxygen atoms in total. The number of fused-ring (bicyclic) bond motifs is 1. The normalized spacial score (nSPS) is 21.1. The number of nitrogens with one attached hydrogen (secondary N) is 2. The van der Waals surface area contributed by atoms with E-state index < -0.39 is 35.5 Å². The Labute approximate surface area is 193 Å². The molecule has 2 N–H and O–H groups in total. The number of carbonyl (C=O) groups excluding carboxylic acids is 4. The van der Waals surface area contributed by atoms with Crippen LogP contribution >= 0.6 is 0 Å². The molecule has 2 atom stereocenters. The molecule has 1 saturated heterocycles. The Balaban J connectivity index is 1.35. The first-order valence-corrected chi connectivity index (χ1v) is 11.2. The third-order valence-electron chi connectivity index (χ3n) is 6.82. The van der Waals surface area contributed by atoms with Crippen molar-refractivity contribution in [2.24, 2.45) is 5.92 Å². The van der Waals surface area contributed by atoms with Crippen molar-refractivity contribution in [3.63, 3.8) is 0 Å². The summed E-state index contributed by atoms with van der Waals surface area (Å²) in [5.74, 6) is -3.26. The number of benzene rings is 1. The van der Waals surface area contributed by atoms with Crippen LogP contribution in [0.5, 0.6) is 0 Å². The smallest absolute Gasteiger partial charge is 0.255 e. The highest BCUT2D eigenvalue weighted by molar-refractivity contribution is 6.06. The maximum Gasteiger partial charge on any atom is 0.255 e. The number of rotatable bonds is 5. The molecule has 1 saturated carbocycles. The third kappa shape index (κ3) is 3.93. The lowest BCUT2D eigenvalue weighted by Gasteiger charge is -2.34. The van der Waals surface area contributed by atoms with Crippen molar-refractivity contribution in [1.29, 1.82) is 0 Å². The summed E-state index contributed by atoms with van der Waals surface area (Å²) in [5.41, 5.74) is 1.26. The molecule has 1 aliphatic carbocycles. The van der Waals surface area contributed by atoms with Gasteiger partial charge in [0.1, 0.15) is 17.7 Å². The molecule has 2 aliphatic heterocycles. The Morgan fingerprint density at radius 1 is 1.15 bits per heavy atom. The Morgan fingerprint density at radius 3 is 2.62 bits per heavy atom. The van der Waals surface area contributed by atoms with Crippen LogP contribution in [0.15, 0.2) is 30.5 Å². The van der Waals surface area contributed by atoms with Crippen LogP contribution in [-0.4, -0.2) is 39.6 Å². The zero-order chi connectivity index (χ0) is 24.0. The van der Waals surface area contributed by atoms with Crippen molar-refractivity contribution in [3.05, 3.63) is 64.5 Å². The maximum absolute atomic E-state index is 14.4. The number of piperidine rings is 1. The number of carbonyl (C=O) groups is 4. The van der Waals surface area contributed by atoms with E-state index in [1.807, 2.05) is 0 Å². The van der Waals surface area contributed by atoms with Gasteiger partial charge in [0, 0.05) is 30.2 Å². The fourth-order valence-corrected chi connectivity index (χ4v) is 4.78. The molecule has 1 unspecified atom stereocenters. The van der Waals surface area contributed by atoms with Gasteiger partial charge in [0.2, 0.25) is 11.8 Å². The molecule has 0 spiro atoms. The first-order valence-electron chi connectivity index (χ1n) is 11.2. The molecule has 3 aliphatic rings. The zero-order valence-corrected chi connectivity index (χ0v) is 18.1. The van der Waals surface area contributed by atoms with Crippen molar-refractivity contribution in [1.82, 2.24) is 20.5 Å². The highest BCUT2D eigenvalue weighted by Gasteiger charge is 2.39. The largest absolute Gasteiger partial charge is 0.343 e. The summed E-state index contributed by atoms with van der Waals surface area (Å²) < 4.78 is 27.8. The molecule has 2 fully saturated rings. The van der Waals surface area contributed by atoms with Gasteiger partial charge < -0.3 is 10.2 Å². The van der Waals surface area contributed by atoms with Gasteiger partial charge in [-0.2, -0.15) is 0 Å². The standard InChI is InChI=1S/C24H22F2N4O4/c25-15-9-17(26)21(27-10-15)20(12-2-1-3-12)29-22(32)13-4-5-16-14(8-13)11-30(24(16)34)18-6-7-19(31)28-23(18)33/h4-5,8-10,12,18,20H,1-3,6-7,11H2,(H,29,32)(H,28,31,33)/t18?,20-/m0/s1. The Hall–Kier alpha value is -3.69. The molecule has 0 radical (unpaired) electrons. The predicted molar refractivity (Wildman–Crippen MR) is 114 cm³/mol. The monoisotopic (exact) mass is 468 g/mol. The fourth-order valence-electron chi connectivity index (χ4n) is 4.78. The van der Waals surface area contributed by atoms with Crippen molar-refractivity contribution in [3.8, 4) is 0 Å². The van der Waals surface area contributed by atoms with E-state index in [0.29, 0.717) is 11.1 Å². The van der Waals surface area contributed by atoms with Gasteiger partial charge in [-0.05, 0) is 48.9 Å². The van der Waals surface area contributed by atoms with E-state index >= 15 is 0 Å². The highest BCUT2D eigenvalue weighted by atomic mass is 19.1. The van der Waals surface area contributed by atoms with E-state index in [-0.39, 0.29) is 48.4 Å². The van der Waals surface area contributed by atoms with Gasteiger partial charge in [-0.3, -0.25) is 29.5 Å². The number of imide groups is 1. The SMILES string of the molecule is O=C1CCC(N2Cc3cc(C(=O)N[C@H](c4ncc(F)cc4F)C4CCC4)ccc3C2=O)C(=O)N1. The van der Waals surface area contributed by atoms with Gasteiger partial charge in [0.05, 0.1) is 17.9 Å². The van der Waals surface area contributed by atoms with Crippen LogP contribution in [0.1, 0.15) is 70.1 Å². The van der Waals surface area contributed by atoms with Crippen molar-refractivity contribution in [2.45, 2.75) is 50.7 Å². The Kier molecular flexibility index (Phi) is 5.59. The van der Waals surface area contributed by atoms with Crippen LogP contribution in [0.2, 0.25) is 0 Å². The van der Waals surface area contributed by atoms with E-state index in [0.717, 1.165) is 31.5 Å². The van der Waals surface area contributed by atoms with Gasteiger partial charge in [0.25, 0.3) is 11.8 Å². The number of aromatic nitrogens is 1. The zero-order valence-electron chi connectivity index (χ0n) is 18.1. The Morgan fingerprint density at radius 2 is 1.94 bits per heavy atom. The molecule has 10 heteroatoms. The quantitative estimate of drug-likeness (QED) is 0.655. The summed E-state index contributed by atoms with van der Waals surface area (Å²) in [5, 5.41) is 5.09. The minimum atomic E-state index is -0.809. The number of hydrogen-bond donors (Lipinski definition) is 2. The number of amides is 4. The first kappa shape index (κ1) is 22.1. The predicted octanol–water partition coefficient (Wildman–Crippen LogP) is 2.39. The number of halogens is 2. The van der Waals surface area contributed by atoms with Gasteiger partial charge >= 0.3 is 0 Å². The average Bonchev–Trinajstić information content (AvgIpc) is 3.08. The van der Waals surface area contributed by atoms with Crippen LogP contribution < -0.4 is 10.6 Å². The van der Waals surface area contributed by atoms with E-state index in [1.54, 1.807) is 6.07 Å². The summed E-state index contributed by atoms with van der Waals surface area (Å²) >= 11 is 0. The molecule has 5 rings (SSSR count). The van der Waals surface area contributed by atoms with Gasteiger partial charge in [-0.1, -0.05) is 6.42 Å². The van der Waals surface area contributed by atoms with Crippen LogP contribution in [0.3, 0.4) is 0 Å². The molecule has 4 amide bonds. The second-order valence-electron chi connectivity index (χ2n) is 8.93. The highest BCUT2D eigenvalue weighted by Crippen LogP contribution is 2.38. The van der Waals surface area contributed by atoms with Gasteiger partial charge in [0.15, 0.2) is 0 Å². The number of nitrogens with zero attached hydrogens (tertiary/aromatic N) is 2. The number of pyridine rings is 1. The maximum atomic E-state index is 14.4. The van der Waals surface area contributed by atoms with Crippen LogP contribution in [0.4, 0.5) is 8.78 Å². The summed E-state index contributed by atoms with van der Waals surface area (Å²) in [7, 11) is 0. The van der Waals surface area contributed by atoms with Crippen molar-refractivity contribution >= 4 is 23.6 Å². The van der Waals surface area contributed by atoms with Crippen LogP contribution in [0, 0.1) is 17.6 Å². The summed E-state index contributed by atoms with van der Waals surface area (Å²) in [6.07, 6.45) is 3.88. The topological polar surface area (TPSA) is 108 Å². The molecule has 3 heterocycles. The first-order chi connectivity index (χ1) is 16.3. The van der Waals surface area contributed by atoms with E-state index in [2.05, 4.69) is 15.6 Å². The lowest BCUT2D eigenvalue weighted by atomic mass is 9.78. The van der Waals surface area contributed by atoms with E-state index in [4.69, 9.17) is 0 Å². The average molecular weight is 468 g/mol. The lowest BCUT2D eigenvalue weighted by Crippen LogP contribution is -2.52. The molecule has 0 bridgehead atoms. The molecule has 1 aromatic heterocycles. The van der Waals surface area contributed by atoms with E-state index in [1.165, 1.54) is 17.0 Å². The fraction of sp³-hybridized carbons (Fsp3) is 0.375. The minimum Gasteiger partial charge on any atom is -0.343 e. The van der Waals surface area contributed by atoms with Crippen LogP contribution in [-0.2, 0) is 16.1 Å². The number of hydrogen-bond acceptors (Lipinski definition) is 5. The van der Waals surface area contributed by atoms with Gasteiger partial charge in [-0.25, -0.2) is 8.78 Å². The van der Waals surface area contributed by atoms with Crippen molar-refractivity contribution < 1.29 is 28.0 Å². The van der Waals surface area contributed by atoms with Crippen molar-refractivity contribution in [2.75, 3.05) is 0 Å². The molecule has 176 valence electrons. The van der Waals surface area contributed by atoms with Gasteiger partial charge in [-0.15, -0.1) is 0 Å². The molecule has 2 aromatic rings. The summed E-state index contributed by atoms with van der Waals surface area (Å²) in [4.78, 5) is 54.9. The minimum absolute atomic E-state index is 0.000166. The van der Waals surface area contributed by atoms with Crippen LogP contribution in [0.25, 0.3) is 0 Å². The molecular formula is C24H22F2N4O4. The van der Waals surface area contributed by atoms with E-state index in [9.17, 15) is 28.0 Å². The summed E-state index contributed by atoms with van der Waals surface area (Å²) in [6.45, 7) is 0.141. The molecular weight excluding hydrogens is 446 g/mol. The molecule has 1 aromatic carbocycles. The Bertz CT molecular complexity index is 1210. The molecule has 34 heavy (non-hydrogen) atoms. The third-order valence-corrected chi connectivity index (χ3v) is 6.82. The second kappa shape index (κ2) is 8.58. The summed E-state index contributed by atoms with van der Waals surface area (Å²) in [6, 6.07) is 3.94. The second-order valence-corrected chi connectivity index (χ2v) is 8.93. The lowest BCUT2D eigenvalue weighted by molar-refractivity contribution is -0.136.